The van der Waals surface area contributed by atoms with Gasteiger partial charge in [-0.25, -0.2) is 0 Å². The van der Waals surface area contributed by atoms with Gasteiger partial charge >= 0.3 is 0 Å². The Morgan fingerprint density at radius 3 is 2.44 bits per heavy atom. The fourth-order valence-corrected chi connectivity index (χ4v) is 2.84. The van der Waals surface area contributed by atoms with Crippen LogP contribution in [-0.2, 0) is 11.3 Å². The van der Waals surface area contributed by atoms with E-state index in [-0.39, 0.29) is 18.6 Å². The average molecular weight is 364 g/mol. The van der Waals surface area contributed by atoms with Crippen molar-refractivity contribution in [2.75, 3.05) is 20.1 Å². The number of amides is 1. The second kappa shape index (κ2) is 9.11. The van der Waals surface area contributed by atoms with Crippen LogP contribution in [0.25, 0.3) is 0 Å². The number of benzene rings is 2. The number of hydrogen-bond donors (Lipinski definition) is 1. The van der Waals surface area contributed by atoms with Crippen LogP contribution in [0.4, 0.5) is 0 Å². The van der Waals surface area contributed by atoms with Gasteiger partial charge in [0.15, 0.2) is 11.5 Å². The summed E-state index contributed by atoms with van der Waals surface area (Å²) < 4.78 is 11.5. The third kappa shape index (κ3) is 5.25. The molecule has 2 aromatic carbocycles. The minimum Gasteiger partial charge on any atom is -0.482 e. The molecule has 3 rings (SSSR count). The number of nitrogens with one attached hydrogen (secondary N) is 1. The molecule has 0 radical (unpaired) electrons. The van der Waals surface area contributed by atoms with E-state index in [1.54, 1.807) is 6.07 Å². The van der Waals surface area contributed by atoms with E-state index in [2.05, 4.69) is 34.2 Å². The smallest absolute Gasteiger partial charge is 0.265 e. The van der Waals surface area contributed by atoms with Crippen LogP contribution in [0.3, 0.4) is 0 Å². The van der Waals surface area contributed by atoms with Crippen molar-refractivity contribution >= 4 is 5.91 Å². The number of carbonyl (C=O) groups excluding carboxylic acids is 1. The summed E-state index contributed by atoms with van der Waals surface area (Å²) in [6, 6.07) is 17.6. The first-order valence-electron chi connectivity index (χ1n) is 9.02. The highest BCUT2D eigenvalue weighted by Gasteiger charge is 2.33. The summed E-state index contributed by atoms with van der Waals surface area (Å²) in [5.41, 5.74) is 1.25. The molecule has 0 saturated carbocycles. The summed E-state index contributed by atoms with van der Waals surface area (Å²) in [7, 11) is 2.02. The lowest BCUT2D eigenvalue weighted by atomic mass is 10.1. The minimum absolute atomic E-state index is 0.219. The largest absolute Gasteiger partial charge is 0.482 e. The number of ether oxygens (including phenoxy) is 2. The first-order chi connectivity index (χ1) is 13.1. The predicted molar refractivity (Wildman–Crippen MR) is 105 cm³/mol. The molecule has 1 heterocycles. The van der Waals surface area contributed by atoms with Gasteiger partial charge in [-0.3, -0.25) is 9.69 Å². The van der Waals surface area contributed by atoms with Gasteiger partial charge in [-0.2, -0.15) is 0 Å². The molecule has 0 bridgehead atoms. The normalized spacial score (nSPS) is 17.7. The molecule has 1 N–H and O–H groups in total. The molecule has 0 aromatic heterocycles. The highest BCUT2D eigenvalue weighted by Crippen LogP contribution is 2.33. The third-order valence-corrected chi connectivity index (χ3v) is 4.22. The van der Waals surface area contributed by atoms with E-state index in [4.69, 9.17) is 9.47 Å². The standard InChI is InChI=1S/C22H24N2O3/c1-17-21(27-20-13-7-6-12-19(20)26-17)22(25)23-14-8-9-15-24(2)16-18-10-4-3-5-11-18/h3-7,10-13,17,21H,14-16H2,1-2H3,(H,23,25)/t17-,21+/m0/s1. The zero-order valence-corrected chi connectivity index (χ0v) is 15.6. The van der Waals surface area contributed by atoms with Crippen molar-refractivity contribution in [3.8, 4) is 23.3 Å². The molecular weight excluding hydrogens is 340 g/mol. The summed E-state index contributed by atoms with van der Waals surface area (Å²) in [4.78, 5) is 14.5. The van der Waals surface area contributed by atoms with Gasteiger partial charge in [0.25, 0.3) is 5.91 Å². The lowest BCUT2D eigenvalue weighted by molar-refractivity contribution is -0.133. The van der Waals surface area contributed by atoms with Crippen LogP contribution in [0.2, 0.25) is 0 Å². The maximum atomic E-state index is 12.4. The van der Waals surface area contributed by atoms with E-state index in [0.29, 0.717) is 18.0 Å². The van der Waals surface area contributed by atoms with Crippen molar-refractivity contribution < 1.29 is 14.3 Å². The number of hydrogen-bond acceptors (Lipinski definition) is 4. The highest BCUT2D eigenvalue weighted by molar-refractivity contribution is 5.82. The lowest BCUT2D eigenvalue weighted by Crippen LogP contribution is -2.49. The summed E-state index contributed by atoms with van der Waals surface area (Å²) in [6.45, 7) is 3.58. The molecule has 2 aromatic rings. The third-order valence-electron chi connectivity index (χ3n) is 4.22. The molecule has 2 atom stereocenters. The van der Waals surface area contributed by atoms with Crippen molar-refractivity contribution in [2.24, 2.45) is 0 Å². The van der Waals surface area contributed by atoms with Gasteiger partial charge in [0.05, 0.1) is 13.1 Å². The molecule has 5 heteroatoms. The number of fused-ring (bicyclic) bond motifs is 1. The molecule has 1 aliphatic rings. The number of rotatable bonds is 5. The van der Waals surface area contributed by atoms with Crippen LogP contribution >= 0.6 is 0 Å². The fourth-order valence-electron chi connectivity index (χ4n) is 2.84. The second-order valence-corrected chi connectivity index (χ2v) is 6.54. The summed E-state index contributed by atoms with van der Waals surface area (Å²) in [5, 5.41) is 2.80. The lowest BCUT2D eigenvalue weighted by Gasteiger charge is -2.30. The Morgan fingerprint density at radius 2 is 1.70 bits per heavy atom. The highest BCUT2D eigenvalue weighted by atomic mass is 16.6. The summed E-state index contributed by atoms with van der Waals surface area (Å²) in [6.07, 6.45) is -1.03. The Bertz CT molecular complexity index is 826. The first kappa shape index (κ1) is 18.8. The molecule has 27 heavy (non-hydrogen) atoms. The van der Waals surface area contributed by atoms with Crippen molar-refractivity contribution in [2.45, 2.75) is 25.7 Å². The number of carbonyl (C=O) groups is 1. The van der Waals surface area contributed by atoms with Crippen molar-refractivity contribution in [3.05, 3.63) is 60.2 Å². The topological polar surface area (TPSA) is 50.8 Å². The van der Waals surface area contributed by atoms with Gasteiger partial charge < -0.3 is 14.8 Å². The van der Waals surface area contributed by atoms with E-state index in [1.165, 1.54) is 5.56 Å². The Morgan fingerprint density at radius 1 is 1.04 bits per heavy atom. The molecule has 1 amide bonds. The SMILES string of the molecule is C[C@@H]1Oc2ccccc2O[C@H]1C(=O)NCC#CCN(C)Cc1ccccc1. The van der Waals surface area contributed by atoms with Crippen LogP contribution in [0, 0.1) is 11.8 Å². The van der Waals surface area contributed by atoms with Gasteiger partial charge in [0.1, 0.15) is 6.10 Å². The van der Waals surface area contributed by atoms with Gasteiger partial charge in [-0.05, 0) is 31.7 Å². The van der Waals surface area contributed by atoms with E-state index in [1.807, 2.05) is 50.4 Å². The minimum atomic E-state index is -0.678. The van der Waals surface area contributed by atoms with Crippen LogP contribution < -0.4 is 14.8 Å². The number of nitrogens with zero attached hydrogens (tertiary/aromatic N) is 1. The Labute approximate surface area is 160 Å². The molecule has 0 fully saturated rings. The fraction of sp³-hybridized carbons (Fsp3) is 0.318. The summed E-state index contributed by atoms with van der Waals surface area (Å²) >= 11 is 0. The van der Waals surface area contributed by atoms with Gasteiger partial charge in [-0.1, -0.05) is 54.3 Å². The maximum Gasteiger partial charge on any atom is 0.265 e. The Kier molecular flexibility index (Phi) is 6.35. The zero-order valence-electron chi connectivity index (χ0n) is 15.6. The molecule has 0 spiro atoms. The molecular formula is C22H24N2O3. The quantitative estimate of drug-likeness (QED) is 0.828. The van der Waals surface area contributed by atoms with Crippen LogP contribution in [0.15, 0.2) is 54.6 Å². The van der Waals surface area contributed by atoms with Crippen LogP contribution in [0.1, 0.15) is 12.5 Å². The molecule has 140 valence electrons. The first-order valence-corrected chi connectivity index (χ1v) is 9.02. The number of para-hydroxylation sites is 2. The molecule has 0 saturated heterocycles. The molecule has 1 aliphatic heterocycles. The predicted octanol–water partition coefficient (Wildman–Crippen LogP) is 2.47. The van der Waals surface area contributed by atoms with Crippen molar-refractivity contribution in [1.29, 1.82) is 0 Å². The zero-order chi connectivity index (χ0) is 19.1. The monoisotopic (exact) mass is 364 g/mol. The van der Waals surface area contributed by atoms with E-state index in [9.17, 15) is 4.79 Å². The van der Waals surface area contributed by atoms with Gasteiger partial charge in [-0.15, -0.1) is 0 Å². The second-order valence-electron chi connectivity index (χ2n) is 6.54. The molecule has 0 aliphatic carbocycles. The van der Waals surface area contributed by atoms with E-state index >= 15 is 0 Å². The Hall–Kier alpha value is -2.97. The average Bonchev–Trinajstić information content (AvgIpc) is 2.67. The summed E-state index contributed by atoms with van der Waals surface area (Å²) in [5.74, 6) is 7.10. The maximum absolute atomic E-state index is 12.4. The van der Waals surface area contributed by atoms with Gasteiger partial charge in [0.2, 0.25) is 6.10 Å². The van der Waals surface area contributed by atoms with E-state index in [0.717, 1.165) is 6.54 Å². The van der Waals surface area contributed by atoms with E-state index < -0.39 is 6.10 Å². The molecule has 5 nitrogen and oxygen atoms in total. The van der Waals surface area contributed by atoms with Crippen LogP contribution in [-0.4, -0.2) is 43.2 Å². The van der Waals surface area contributed by atoms with Crippen molar-refractivity contribution in [1.82, 2.24) is 10.2 Å². The molecule has 0 unspecified atom stereocenters. The van der Waals surface area contributed by atoms with Gasteiger partial charge in [0, 0.05) is 6.54 Å². The van der Waals surface area contributed by atoms with Crippen molar-refractivity contribution in [3.63, 3.8) is 0 Å². The van der Waals surface area contributed by atoms with Crippen LogP contribution in [0.5, 0.6) is 11.5 Å². The Balaban J connectivity index is 1.43.